The SMILES string of the molecule is CC(NC(=O)c1ccc2c(c1)OCO2)c1ccc(OCc2cccnc2)cc1. The summed E-state index contributed by atoms with van der Waals surface area (Å²) in [6, 6.07) is 16.6. The Bertz CT molecular complexity index is 958. The lowest BCUT2D eigenvalue weighted by atomic mass is 10.1. The van der Waals surface area contributed by atoms with Gasteiger partial charge in [0.05, 0.1) is 6.04 Å². The molecule has 142 valence electrons. The average Bonchev–Trinajstić information content (AvgIpc) is 3.21. The van der Waals surface area contributed by atoms with Crippen molar-refractivity contribution in [3.05, 3.63) is 83.7 Å². The maximum Gasteiger partial charge on any atom is 0.251 e. The molecule has 0 spiro atoms. The van der Waals surface area contributed by atoms with Crippen molar-refractivity contribution in [1.82, 2.24) is 10.3 Å². The minimum absolute atomic E-state index is 0.148. The summed E-state index contributed by atoms with van der Waals surface area (Å²) in [6.45, 7) is 2.59. The summed E-state index contributed by atoms with van der Waals surface area (Å²) < 4.78 is 16.4. The number of pyridine rings is 1. The largest absolute Gasteiger partial charge is 0.489 e. The van der Waals surface area contributed by atoms with Gasteiger partial charge in [-0.3, -0.25) is 9.78 Å². The van der Waals surface area contributed by atoms with Gasteiger partial charge < -0.3 is 19.5 Å². The zero-order valence-electron chi connectivity index (χ0n) is 15.4. The number of amides is 1. The van der Waals surface area contributed by atoms with Crippen LogP contribution in [0.5, 0.6) is 17.2 Å². The van der Waals surface area contributed by atoms with E-state index in [1.54, 1.807) is 30.6 Å². The fourth-order valence-electron chi connectivity index (χ4n) is 2.90. The molecule has 6 nitrogen and oxygen atoms in total. The molecule has 1 unspecified atom stereocenters. The van der Waals surface area contributed by atoms with E-state index >= 15 is 0 Å². The van der Waals surface area contributed by atoms with Crippen molar-refractivity contribution < 1.29 is 19.0 Å². The first-order valence-corrected chi connectivity index (χ1v) is 9.01. The average molecular weight is 376 g/mol. The Balaban J connectivity index is 1.35. The third-order valence-corrected chi connectivity index (χ3v) is 4.49. The van der Waals surface area contributed by atoms with Gasteiger partial charge in [-0.1, -0.05) is 18.2 Å². The quantitative estimate of drug-likeness (QED) is 0.707. The maximum atomic E-state index is 12.5. The van der Waals surface area contributed by atoms with Crippen LogP contribution < -0.4 is 19.5 Å². The van der Waals surface area contributed by atoms with Gasteiger partial charge >= 0.3 is 0 Å². The molecule has 1 N–H and O–H groups in total. The van der Waals surface area contributed by atoms with E-state index in [0.717, 1.165) is 16.9 Å². The Morgan fingerprint density at radius 2 is 1.96 bits per heavy atom. The second kappa shape index (κ2) is 8.00. The van der Waals surface area contributed by atoms with Crippen LogP contribution in [0.3, 0.4) is 0 Å². The van der Waals surface area contributed by atoms with Crippen LogP contribution in [0, 0.1) is 0 Å². The Labute approximate surface area is 163 Å². The minimum atomic E-state index is -0.164. The normalized spacial score (nSPS) is 13.0. The first-order valence-electron chi connectivity index (χ1n) is 9.01. The second-order valence-electron chi connectivity index (χ2n) is 6.48. The van der Waals surface area contributed by atoms with E-state index in [0.29, 0.717) is 23.7 Å². The van der Waals surface area contributed by atoms with Crippen LogP contribution in [0.4, 0.5) is 0 Å². The smallest absolute Gasteiger partial charge is 0.251 e. The summed E-state index contributed by atoms with van der Waals surface area (Å²) in [5.74, 6) is 1.85. The second-order valence-corrected chi connectivity index (χ2v) is 6.48. The van der Waals surface area contributed by atoms with E-state index in [4.69, 9.17) is 14.2 Å². The molecule has 1 aliphatic heterocycles. The topological polar surface area (TPSA) is 69.7 Å². The Kier molecular flexibility index (Phi) is 5.10. The van der Waals surface area contributed by atoms with Gasteiger partial charge in [-0.2, -0.15) is 0 Å². The Morgan fingerprint density at radius 1 is 1.14 bits per heavy atom. The molecule has 1 amide bonds. The molecule has 4 rings (SSSR count). The monoisotopic (exact) mass is 376 g/mol. The van der Waals surface area contributed by atoms with Gasteiger partial charge in [-0.05, 0) is 48.9 Å². The van der Waals surface area contributed by atoms with Gasteiger partial charge in [0.2, 0.25) is 6.79 Å². The van der Waals surface area contributed by atoms with E-state index in [9.17, 15) is 4.79 Å². The third-order valence-electron chi connectivity index (χ3n) is 4.49. The zero-order valence-corrected chi connectivity index (χ0v) is 15.4. The van der Waals surface area contributed by atoms with Crippen molar-refractivity contribution in [1.29, 1.82) is 0 Å². The number of carbonyl (C=O) groups is 1. The fraction of sp³-hybridized carbons (Fsp3) is 0.182. The first-order chi connectivity index (χ1) is 13.7. The van der Waals surface area contributed by atoms with Gasteiger partial charge in [0, 0.05) is 23.5 Å². The number of hydrogen-bond acceptors (Lipinski definition) is 5. The number of rotatable bonds is 6. The zero-order chi connectivity index (χ0) is 19.3. The molecule has 0 saturated carbocycles. The molecule has 1 aromatic heterocycles. The van der Waals surface area contributed by atoms with E-state index in [-0.39, 0.29) is 18.7 Å². The molecule has 1 atom stereocenters. The minimum Gasteiger partial charge on any atom is -0.489 e. The predicted molar refractivity (Wildman–Crippen MR) is 103 cm³/mol. The van der Waals surface area contributed by atoms with Crippen molar-refractivity contribution in [2.45, 2.75) is 19.6 Å². The lowest BCUT2D eigenvalue weighted by Gasteiger charge is -2.15. The van der Waals surface area contributed by atoms with Gasteiger partial charge in [-0.15, -0.1) is 0 Å². The number of fused-ring (bicyclic) bond motifs is 1. The molecule has 6 heteroatoms. The predicted octanol–water partition coefficient (Wildman–Crippen LogP) is 3.88. The number of ether oxygens (including phenoxy) is 3. The number of nitrogens with one attached hydrogen (secondary N) is 1. The van der Waals surface area contributed by atoms with E-state index in [1.165, 1.54) is 0 Å². The van der Waals surface area contributed by atoms with Gasteiger partial charge in [0.15, 0.2) is 11.5 Å². The number of benzene rings is 2. The van der Waals surface area contributed by atoms with E-state index in [2.05, 4.69) is 10.3 Å². The van der Waals surface area contributed by atoms with Gasteiger partial charge in [-0.25, -0.2) is 0 Å². The molecule has 0 bridgehead atoms. The summed E-state index contributed by atoms with van der Waals surface area (Å²) in [7, 11) is 0. The maximum absolute atomic E-state index is 12.5. The summed E-state index contributed by atoms with van der Waals surface area (Å²) >= 11 is 0. The lowest BCUT2D eigenvalue weighted by Crippen LogP contribution is -2.26. The third kappa shape index (κ3) is 4.06. The Morgan fingerprint density at radius 3 is 2.75 bits per heavy atom. The molecule has 0 saturated heterocycles. The van der Waals surface area contributed by atoms with Crippen molar-refractivity contribution in [2.24, 2.45) is 0 Å². The molecule has 0 radical (unpaired) electrons. The van der Waals surface area contributed by atoms with Crippen molar-refractivity contribution in [2.75, 3.05) is 6.79 Å². The van der Waals surface area contributed by atoms with E-state index < -0.39 is 0 Å². The Hall–Kier alpha value is -3.54. The van der Waals surface area contributed by atoms with Crippen LogP contribution in [0.15, 0.2) is 67.0 Å². The number of nitrogens with zero attached hydrogens (tertiary/aromatic N) is 1. The molecule has 2 heterocycles. The summed E-state index contributed by atoms with van der Waals surface area (Å²) in [4.78, 5) is 16.6. The molecule has 0 aliphatic carbocycles. The van der Waals surface area contributed by atoms with Gasteiger partial charge in [0.1, 0.15) is 12.4 Å². The van der Waals surface area contributed by atoms with Crippen LogP contribution in [0.1, 0.15) is 34.5 Å². The molecular weight excluding hydrogens is 356 g/mol. The fourth-order valence-corrected chi connectivity index (χ4v) is 2.90. The summed E-state index contributed by atoms with van der Waals surface area (Å²) in [5, 5.41) is 3.00. The highest BCUT2D eigenvalue weighted by Crippen LogP contribution is 2.32. The molecule has 28 heavy (non-hydrogen) atoms. The van der Waals surface area contributed by atoms with Crippen LogP contribution >= 0.6 is 0 Å². The molecule has 1 aliphatic rings. The molecular formula is C22H20N2O4. The van der Waals surface area contributed by atoms with Crippen molar-refractivity contribution in [3.8, 4) is 17.2 Å². The first kappa shape index (κ1) is 17.9. The summed E-state index contributed by atoms with van der Waals surface area (Å²) in [6.07, 6.45) is 3.51. The number of hydrogen-bond donors (Lipinski definition) is 1. The van der Waals surface area contributed by atoms with E-state index in [1.807, 2.05) is 43.3 Å². The summed E-state index contributed by atoms with van der Waals surface area (Å²) in [5.41, 5.74) is 2.53. The van der Waals surface area contributed by atoms with Crippen LogP contribution in [-0.4, -0.2) is 17.7 Å². The standard InChI is InChI=1S/C22H20N2O4/c1-15(24-22(25)18-6-9-20-21(11-18)28-14-27-20)17-4-7-19(8-5-17)26-13-16-3-2-10-23-12-16/h2-12,15H,13-14H2,1H3,(H,24,25). The molecule has 3 aromatic rings. The number of aromatic nitrogens is 1. The van der Waals surface area contributed by atoms with Crippen molar-refractivity contribution >= 4 is 5.91 Å². The molecule has 0 fully saturated rings. The van der Waals surface area contributed by atoms with Gasteiger partial charge in [0.25, 0.3) is 5.91 Å². The number of carbonyl (C=O) groups excluding carboxylic acids is 1. The highest BCUT2D eigenvalue weighted by Gasteiger charge is 2.17. The lowest BCUT2D eigenvalue weighted by molar-refractivity contribution is 0.0939. The van der Waals surface area contributed by atoms with Crippen LogP contribution in [0.2, 0.25) is 0 Å². The van der Waals surface area contributed by atoms with Crippen molar-refractivity contribution in [3.63, 3.8) is 0 Å². The molecule has 2 aromatic carbocycles. The van der Waals surface area contributed by atoms with Crippen LogP contribution in [0.25, 0.3) is 0 Å². The highest BCUT2D eigenvalue weighted by molar-refractivity contribution is 5.95. The highest BCUT2D eigenvalue weighted by atomic mass is 16.7. The van der Waals surface area contributed by atoms with Crippen LogP contribution in [-0.2, 0) is 6.61 Å².